The predicted molar refractivity (Wildman–Crippen MR) is 129 cm³/mol. The minimum atomic E-state index is -1.90. The Bertz CT molecular complexity index is 982. The zero-order valence-corrected chi connectivity index (χ0v) is 20.3. The van der Waals surface area contributed by atoms with Gasteiger partial charge < -0.3 is 20.4 Å². The fraction of sp³-hybridized carbons (Fsp3) is 0.417. The first kappa shape index (κ1) is 26.9. The number of benzene rings is 1. The molecule has 184 valence electrons. The first-order chi connectivity index (χ1) is 16.2. The maximum Gasteiger partial charge on any atom is 0.254 e. The molecule has 2 rings (SSSR count). The summed E-state index contributed by atoms with van der Waals surface area (Å²) >= 11 is 0. The van der Waals surface area contributed by atoms with E-state index in [-0.39, 0.29) is 12.6 Å². The van der Waals surface area contributed by atoms with Crippen LogP contribution in [0.2, 0.25) is 0 Å². The monoisotopic (exact) mass is 470 g/mol. The maximum atomic E-state index is 12.5. The molecule has 34 heavy (non-hydrogen) atoms. The Morgan fingerprint density at radius 2 is 1.76 bits per heavy atom. The average molecular weight is 471 g/mol. The number of rotatable bonds is 11. The Balaban J connectivity index is 1.91. The molecule has 2 amide bonds. The molecule has 10 heteroatoms. The van der Waals surface area contributed by atoms with Crippen LogP contribution in [0.4, 0.5) is 5.69 Å². The molecule has 0 bridgehead atoms. The minimum absolute atomic E-state index is 0.0926. The Morgan fingerprint density at radius 3 is 2.35 bits per heavy atom. The normalized spacial score (nSPS) is 13.9. The van der Waals surface area contributed by atoms with Crippen molar-refractivity contribution < 1.29 is 19.8 Å². The number of amides is 2. The number of anilines is 1. The summed E-state index contributed by atoms with van der Waals surface area (Å²) in [6.45, 7) is 5.57. The van der Waals surface area contributed by atoms with Gasteiger partial charge in [-0.25, -0.2) is 5.43 Å². The number of aryl methyl sites for hydroxylation is 1. The van der Waals surface area contributed by atoms with Crippen LogP contribution in [0.5, 0.6) is 0 Å². The van der Waals surface area contributed by atoms with Gasteiger partial charge in [-0.15, -0.1) is 0 Å². The van der Waals surface area contributed by atoms with E-state index in [0.717, 1.165) is 11.3 Å². The van der Waals surface area contributed by atoms with Crippen LogP contribution >= 0.6 is 0 Å². The molecule has 0 fully saturated rings. The second kappa shape index (κ2) is 12.8. The largest absolute Gasteiger partial charge is 0.380 e. The second-order valence-corrected chi connectivity index (χ2v) is 8.03. The molecule has 2 aromatic rings. The lowest BCUT2D eigenvalue weighted by atomic mass is 10.1. The highest BCUT2D eigenvalue weighted by Gasteiger charge is 2.33. The van der Waals surface area contributed by atoms with Crippen molar-refractivity contribution in [1.82, 2.24) is 25.6 Å². The molecule has 1 heterocycles. The third-order valence-corrected chi connectivity index (χ3v) is 5.25. The van der Waals surface area contributed by atoms with E-state index in [2.05, 4.69) is 20.7 Å². The van der Waals surface area contributed by atoms with E-state index in [1.54, 1.807) is 20.0 Å². The topological polar surface area (TPSA) is 131 Å². The number of hydrazine groups is 1. The van der Waals surface area contributed by atoms with Gasteiger partial charge in [0.2, 0.25) is 0 Å². The summed E-state index contributed by atoms with van der Waals surface area (Å²) in [6, 6.07) is 7.47. The first-order valence-corrected chi connectivity index (χ1v) is 11.0. The van der Waals surface area contributed by atoms with Crippen molar-refractivity contribution in [3.8, 4) is 0 Å². The van der Waals surface area contributed by atoms with Gasteiger partial charge in [-0.05, 0) is 44.9 Å². The van der Waals surface area contributed by atoms with Crippen LogP contribution in [-0.2, 0) is 22.6 Å². The van der Waals surface area contributed by atoms with E-state index in [4.69, 9.17) is 0 Å². The summed E-state index contributed by atoms with van der Waals surface area (Å²) in [5.74, 6) is -1.60. The van der Waals surface area contributed by atoms with Gasteiger partial charge in [0, 0.05) is 38.7 Å². The highest BCUT2D eigenvalue weighted by atomic mass is 16.3. The molecule has 1 aromatic carbocycles. The van der Waals surface area contributed by atoms with Crippen molar-refractivity contribution in [2.75, 3.05) is 19.1 Å². The summed E-state index contributed by atoms with van der Waals surface area (Å²) in [4.78, 5) is 34.4. The number of carbonyl (C=O) groups is 2. The molecule has 0 spiro atoms. The Morgan fingerprint density at radius 1 is 1.12 bits per heavy atom. The van der Waals surface area contributed by atoms with E-state index < -0.39 is 24.0 Å². The lowest BCUT2D eigenvalue weighted by molar-refractivity contribution is -0.152. The summed E-state index contributed by atoms with van der Waals surface area (Å²) in [5, 5.41) is 25.1. The molecular formula is C24H34N6O4. The molecule has 0 saturated carbocycles. The van der Waals surface area contributed by atoms with E-state index in [1.807, 2.05) is 55.5 Å². The maximum absolute atomic E-state index is 12.5. The molecule has 0 saturated heterocycles. The smallest absolute Gasteiger partial charge is 0.254 e. The summed E-state index contributed by atoms with van der Waals surface area (Å²) in [5.41, 5.74) is 6.22. The number of nitrogens with one attached hydrogen (secondary N) is 2. The molecule has 2 unspecified atom stereocenters. The quantitative estimate of drug-likeness (QED) is 0.353. The number of likely N-dealkylation sites (N-methyl/N-ethyl adjacent to an activating group) is 1. The van der Waals surface area contributed by atoms with Crippen LogP contribution in [0.3, 0.4) is 0 Å². The molecule has 4 N–H and O–H groups in total. The lowest BCUT2D eigenvalue weighted by Gasteiger charge is -2.24. The molecule has 0 radical (unpaired) electrons. The van der Waals surface area contributed by atoms with Crippen LogP contribution in [-0.4, -0.2) is 69.2 Å². The van der Waals surface area contributed by atoms with E-state index >= 15 is 0 Å². The highest BCUT2D eigenvalue weighted by Crippen LogP contribution is 2.15. The summed E-state index contributed by atoms with van der Waals surface area (Å²) < 4.78 is 0. The van der Waals surface area contributed by atoms with Gasteiger partial charge in [0.15, 0.2) is 12.2 Å². The van der Waals surface area contributed by atoms with Gasteiger partial charge >= 0.3 is 0 Å². The number of nitrogens with zero attached hydrogens (tertiary/aromatic N) is 4. The van der Waals surface area contributed by atoms with E-state index in [0.29, 0.717) is 17.8 Å². The predicted octanol–water partition coefficient (Wildman–Crippen LogP) is 0.687. The average Bonchev–Trinajstić information content (AvgIpc) is 2.82. The van der Waals surface area contributed by atoms with Crippen molar-refractivity contribution in [2.45, 2.75) is 52.0 Å². The molecule has 0 aliphatic heterocycles. The molecule has 3 atom stereocenters. The van der Waals surface area contributed by atoms with Crippen molar-refractivity contribution in [2.24, 2.45) is 0 Å². The number of hydrogen-bond donors (Lipinski definition) is 4. The molecule has 10 nitrogen and oxygen atoms in total. The number of carbonyl (C=O) groups excluding carboxylic acids is 2. The van der Waals surface area contributed by atoms with E-state index in [1.165, 1.54) is 18.1 Å². The lowest BCUT2D eigenvalue weighted by Crippen LogP contribution is -2.51. The standard InChI is InChI=1S/C24H34N6O4/c1-6-13-30(25-4)19-9-7-18(8-10-19)14-16(2)28-23(33)21(31)22(32)24(34)29(5)15-20-17(3)26-11-12-27-20/h6-13,16,21-22,25,31-32H,14-15H2,1-5H3,(H,28,33)/b13-6-/t16?,21?,22-/m1/s1. The first-order valence-electron chi connectivity index (χ1n) is 11.0. The van der Waals surface area contributed by atoms with Crippen molar-refractivity contribution >= 4 is 17.5 Å². The Kier molecular flexibility index (Phi) is 10.1. The number of hydrogen-bond acceptors (Lipinski definition) is 8. The fourth-order valence-electron chi connectivity index (χ4n) is 3.36. The third kappa shape index (κ3) is 7.34. The summed E-state index contributed by atoms with van der Waals surface area (Å²) in [7, 11) is 3.28. The van der Waals surface area contributed by atoms with Gasteiger partial charge in [-0.3, -0.25) is 24.6 Å². The van der Waals surface area contributed by atoms with Crippen LogP contribution < -0.4 is 15.8 Å². The van der Waals surface area contributed by atoms with Gasteiger partial charge in [-0.1, -0.05) is 18.2 Å². The third-order valence-electron chi connectivity index (χ3n) is 5.25. The van der Waals surface area contributed by atoms with Crippen molar-refractivity contribution in [1.29, 1.82) is 0 Å². The molecule has 0 aliphatic carbocycles. The second-order valence-electron chi connectivity index (χ2n) is 8.03. The summed E-state index contributed by atoms with van der Waals surface area (Å²) in [6.07, 6.45) is 3.59. The van der Waals surface area contributed by atoms with Gasteiger partial charge in [-0.2, -0.15) is 0 Å². The van der Waals surface area contributed by atoms with E-state index in [9.17, 15) is 19.8 Å². The minimum Gasteiger partial charge on any atom is -0.380 e. The van der Waals surface area contributed by atoms with Crippen LogP contribution in [0.15, 0.2) is 48.9 Å². The number of aromatic nitrogens is 2. The Hall–Kier alpha value is -3.34. The van der Waals surface area contributed by atoms with Gasteiger partial charge in [0.25, 0.3) is 11.8 Å². The van der Waals surface area contributed by atoms with Gasteiger partial charge in [0.05, 0.1) is 23.6 Å². The highest BCUT2D eigenvalue weighted by molar-refractivity contribution is 5.90. The van der Waals surface area contributed by atoms with Gasteiger partial charge in [0.1, 0.15) is 0 Å². The van der Waals surface area contributed by atoms with Crippen LogP contribution in [0.1, 0.15) is 30.8 Å². The van der Waals surface area contributed by atoms with Crippen molar-refractivity contribution in [3.63, 3.8) is 0 Å². The van der Waals surface area contributed by atoms with Crippen LogP contribution in [0.25, 0.3) is 0 Å². The number of aliphatic hydroxyl groups is 2. The molecule has 0 aliphatic rings. The number of allylic oxidation sites excluding steroid dienone is 1. The van der Waals surface area contributed by atoms with Crippen molar-refractivity contribution in [3.05, 3.63) is 65.9 Å². The van der Waals surface area contributed by atoms with Crippen LogP contribution in [0, 0.1) is 6.92 Å². The molecular weight excluding hydrogens is 436 g/mol. The fourth-order valence-corrected chi connectivity index (χ4v) is 3.36. The zero-order valence-electron chi connectivity index (χ0n) is 20.3. The number of aliphatic hydroxyl groups excluding tert-OH is 2. The Labute approximate surface area is 200 Å². The molecule has 1 aromatic heterocycles. The SMILES string of the molecule is C/C=C\N(NC)c1ccc(CC(C)NC(=O)C(O)[C@@H](O)C(=O)N(C)Cc2nccnc2C)cc1. The zero-order chi connectivity index (χ0) is 25.3.